The van der Waals surface area contributed by atoms with Crippen LogP contribution in [0.25, 0.3) is 0 Å². The second-order valence-corrected chi connectivity index (χ2v) is 2.95. The summed E-state index contributed by atoms with van der Waals surface area (Å²) >= 11 is 0. The second kappa shape index (κ2) is 3.74. The van der Waals surface area contributed by atoms with E-state index in [-0.39, 0.29) is 0 Å². The highest BCUT2D eigenvalue weighted by atomic mass is 16.5. The Balaban J connectivity index is 2.05. The number of hydrogen-bond acceptors (Lipinski definition) is 5. The lowest BCUT2D eigenvalue weighted by Gasteiger charge is -2.24. The van der Waals surface area contributed by atoms with Crippen molar-refractivity contribution in [2.75, 3.05) is 31.2 Å². The Morgan fingerprint density at radius 1 is 1.38 bits per heavy atom. The number of aromatic nitrogens is 2. The van der Waals surface area contributed by atoms with Crippen LogP contribution in [0.15, 0.2) is 4.52 Å². The van der Waals surface area contributed by atoms with Gasteiger partial charge in [-0.15, -0.1) is 0 Å². The largest absolute Gasteiger partial charge is 0.378 e. The van der Waals surface area contributed by atoms with Crippen molar-refractivity contribution in [3.05, 3.63) is 5.82 Å². The number of rotatable bonds is 2. The third-order valence-corrected chi connectivity index (χ3v) is 2.06. The summed E-state index contributed by atoms with van der Waals surface area (Å²) in [5.41, 5.74) is 0. The van der Waals surface area contributed by atoms with E-state index in [4.69, 9.17) is 9.26 Å². The van der Waals surface area contributed by atoms with E-state index in [0.29, 0.717) is 6.01 Å². The van der Waals surface area contributed by atoms with Gasteiger partial charge in [-0.05, 0) is 0 Å². The maximum Gasteiger partial charge on any atom is 0.324 e. The van der Waals surface area contributed by atoms with Gasteiger partial charge in [0.1, 0.15) is 0 Å². The molecule has 2 heterocycles. The van der Waals surface area contributed by atoms with Gasteiger partial charge in [-0.25, -0.2) is 0 Å². The van der Waals surface area contributed by atoms with Crippen LogP contribution in [0.3, 0.4) is 0 Å². The summed E-state index contributed by atoms with van der Waals surface area (Å²) in [6.45, 7) is 5.16. The number of ether oxygens (including phenoxy) is 1. The number of nitrogens with zero attached hydrogens (tertiary/aromatic N) is 3. The summed E-state index contributed by atoms with van der Waals surface area (Å²) in [5.74, 6) is 0.765. The lowest BCUT2D eigenvalue weighted by atomic mass is 10.4. The number of anilines is 1. The summed E-state index contributed by atoms with van der Waals surface area (Å²) in [5, 5.41) is 3.84. The number of morpholine rings is 1. The van der Waals surface area contributed by atoms with E-state index in [0.717, 1.165) is 38.5 Å². The molecule has 0 saturated carbocycles. The van der Waals surface area contributed by atoms with Crippen molar-refractivity contribution < 1.29 is 9.26 Å². The van der Waals surface area contributed by atoms with Gasteiger partial charge < -0.3 is 14.2 Å². The minimum absolute atomic E-state index is 0.625. The lowest BCUT2D eigenvalue weighted by Crippen LogP contribution is -2.36. The molecule has 13 heavy (non-hydrogen) atoms. The Morgan fingerprint density at radius 2 is 2.15 bits per heavy atom. The van der Waals surface area contributed by atoms with Crippen LogP contribution in [0.5, 0.6) is 0 Å². The lowest BCUT2D eigenvalue weighted by molar-refractivity contribution is 0.119. The van der Waals surface area contributed by atoms with E-state index >= 15 is 0 Å². The van der Waals surface area contributed by atoms with E-state index in [9.17, 15) is 0 Å². The molecule has 2 rings (SSSR count). The Bertz CT molecular complexity index is 268. The second-order valence-electron chi connectivity index (χ2n) is 2.95. The summed E-state index contributed by atoms with van der Waals surface area (Å²) in [4.78, 5) is 6.30. The van der Waals surface area contributed by atoms with Crippen molar-refractivity contribution >= 4 is 6.01 Å². The van der Waals surface area contributed by atoms with Gasteiger partial charge in [-0.3, -0.25) is 0 Å². The Morgan fingerprint density at radius 3 is 2.77 bits per heavy atom. The van der Waals surface area contributed by atoms with E-state index in [2.05, 4.69) is 15.0 Å². The van der Waals surface area contributed by atoms with Gasteiger partial charge in [0.05, 0.1) is 13.2 Å². The smallest absolute Gasteiger partial charge is 0.324 e. The van der Waals surface area contributed by atoms with Gasteiger partial charge in [-0.1, -0.05) is 12.1 Å². The SMILES string of the molecule is CCc1noc(N2CCOCC2)n1. The topological polar surface area (TPSA) is 51.4 Å². The third-order valence-electron chi connectivity index (χ3n) is 2.06. The Labute approximate surface area is 76.7 Å². The third kappa shape index (κ3) is 1.80. The van der Waals surface area contributed by atoms with Gasteiger partial charge in [0.2, 0.25) is 0 Å². The van der Waals surface area contributed by atoms with Crippen molar-refractivity contribution in [1.29, 1.82) is 0 Å². The summed E-state index contributed by atoms with van der Waals surface area (Å²) in [6.07, 6.45) is 0.813. The molecule has 1 saturated heterocycles. The van der Waals surface area contributed by atoms with E-state index < -0.39 is 0 Å². The van der Waals surface area contributed by atoms with Crippen LogP contribution < -0.4 is 4.90 Å². The predicted molar refractivity (Wildman–Crippen MR) is 46.7 cm³/mol. The average molecular weight is 183 g/mol. The quantitative estimate of drug-likeness (QED) is 0.667. The highest BCUT2D eigenvalue weighted by molar-refractivity contribution is 5.25. The first-order valence-corrected chi connectivity index (χ1v) is 4.55. The van der Waals surface area contributed by atoms with E-state index in [1.54, 1.807) is 0 Å². The normalized spacial score (nSPS) is 17.8. The molecule has 0 aromatic carbocycles. The first-order valence-electron chi connectivity index (χ1n) is 4.55. The fourth-order valence-electron chi connectivity index (χ4n) is 1.27. The van der Waals surface area contributed by atoms with Crippen LogP contribution in [0.2, 0.25) is 0 Å². The Kier molecular flexibility index (Phi) is 2.44. The maximum absolute atomic E-state index is 5.22. The first-order chi connectivity index (χ1) is 6.40. The summed E-state index contributed by atoms with van der Waals surface area (Å²) < 4.78 is 10.3. The van der Waals surface area contributed by atoms with Crippen molar-refractivity contribution in [3.8, 4) is 0 Å². The predicted octanol–water partition coefficient (Wildman–Crippen LogP) is 0.469. The molecule has 5 nitrogen and oxygen atoms in total. The van der Waals surface area contributed by atoms with Crippen LogP contribution in [0.1, 0.15) is 12.7 Å². The van der Waals surface area contributed by atoms with Crippen LogP contribution in [0, 0.1) is 0 Å². The molecule has 0 aliphatic carbocycles. The van der Waals surface area contributed by atoms with E-state index in [1.807, 2.05) is 6.92 Å². The van der Waals surface area contributed by atoms with Gasteiger partial charge in [0.25, 0.3) is 0 Å². The molecule has 1 aliphatic heterocycles. The molecule has 1 aromatic rings. The highest BCUT2D eigenvalue weighted by Gasteiger charge is 2.16. The molecule has 0 bridgehead atoms. The minimum Gasteiger partial charge on any atom is -0.378 e. The first kappa shape index (κ1) is 8.50. The molecule has 1 aliphatic rings. The molecule has 0 radical (unpaired) electrons. The van der Waals surface area contributed by atoms with Crippen LogP contribution in [0.4, 0.5) is 6.01 Å². The van der Waals surface area contributed by atoms with Gasteiger partial charge in [-0.2, -0.15) is 4.98 Å². The van der Waals surface area contributed by atoms with Gasteiger partial charge >= 0.3 is 6.01 Å². The molecule has 0 spiro atoms. The maximum atomic E-state index is 5.22. The molecule has 1 aromatic heterocycles. The fraction of sp³-hybridized carbons (Fsp3) is 0.750. The number of aryl methyl sites for hydroxylation is 1. The fourth-order valence-corrected chi connectivity index (χ4v) is 1.27. The molecular weight excluding hydrogens is 170 g/mol. The standard InChI is InChI=1S/C8H13N3O2/c1-2-7-9-8(13-10-7)11-3-5-12-6-4-11/h2-6H2,1H3. The van der Waals surface area contributed by atoms with Crippen LogP contribution in [-0.2, 0) is 11.2 Å². The molecule has 0 N–H and O–H groups in total. The molecule has 72 valence electrons. The van der Waals surface area contributed by atoms with Gasteiger partial charge in [0, 0.05) is 19.5 Å². The van der Waals surface area contributed by atoms with Crippen molar-refractivity contribution in [2.45, 2.75) is 13.3 Å². The average Bonchev–Trinajstić information content (AvgIpc) is 2.67. The van der Waals surface area contributed by atoms with E-state index in [1.165, 1.54) is 0 Å². The molecule has 0 amide bonds. The summed E-state index contributed by atoms with van der Waals surface area (Å²) in [7, 11) is 0. The zero-order valence-electron chi connectivity index (χ0n) is 7.69. The monoisotopic (exact) mass is 183 g/mol. The molecule has 0 unspecified atom stereocenters. The molecule has 1 fully saturated rings. The number of hydrogen-bond donors (Lipinski definition) is 0. The Hall–Kier alpha value is -1.10. The van der Waals surface area contributed by atoms with Gasteiger partial charge in [0.15, 0.2) is 5.82 Å². The molecular formula is C8H13N3O2. The van der Waals surface area contributed by atoms with Crippen LogP contribution in [-0.4, -0.2) is 36.4 Å². The van der Waals surface area contributed by atoms with Crippen molar-refractivity contribution in [1.82, 2.24) is 10.1 Å². The summed E-state index contributed by atoms with van der Waals surface area (Å²) in [6, 6.07) is 0.625. The van der Waals surface area contributed by atoms with Crippen molar-refractivity contribution in [2.24, 2.45) is 0 Å². The zero-order valence-corrected chi connectivity index (χ0v) is 7.69. The molecule has 5 heteroatoms. The van der Waals surface area contributed by atoms with Crippen LogP contribution >= 0.6 is 0 Å². The zero-order chi connectivity index (χ0) is 9.10. The minimum atomic E-state index is 0.625. The van der Waals surface area contributed by atoms with Crippen molar-refractivity contribution in [3.63, 3.8) is 0 Å². The highest BCUT2D eigenvalue weighted by Crippen LogP contribution is 2.12. The molecule has 0 atom stereocenters.